The van der Waals surface area contributed by atoms with Crippen molar-refractivity contribution in [2.75, 3.05) is 14.2 Å². The molecular formula is C21H24N2O4. The summed E-state index contributed by atoms with van der Waals surface area (Å²) in [4.78, 5) is 12.7. The van der Waals surface area contributed by atoms with Crippen molar-refractivity contribution in [1.82, 2.24) is 9.88 Å². The number of carbonyl (C=O) groups excluding carboxylic acids is 1. The van der Waals surface area contributed by atoms with Gasteiger partial charge in [-0.25, -0.2) is 0 Å². The lowest BCUT2D eigenvalue weighted by atomic mass is 10.2. The lowest BCUT2D eigenvalue weighted by Crippen LogP contribution is -2.23. The normalized spacial score (nSPS) is 10.7. The van der Waals surface area contributed by atoms with Crippen molar-refractivity contribution in [2.45, 2.75) is 26.9 Å². The number of benzene rings is 1. The summed E-state index contributed by atoms with van der Waals surface area (Å²) >= 11 is 0. The maximum atomic E-state index is 12.7. The van der Waals surface area contributed by atoms with Gasteiger partial charge >= 0.3 is 0 Å². The Labute approximate surface area is 158 Å². The second-order valence-corrected chi connectivity index (χ2v) is 6.32. The largest absolute Gasteiger partial charge is 0.493 e. The highest BCUT2D eigenvalue weighted by atomic mass is 16.5. The molecule has 0 fully saturated rings. The van der Waals surface area contributed by atoms with Crippen LogP contribution in [0.2, 0.25) is 0 Å². The number of methoxy groups -OCH3 is 2. The number of carbonyl (C=O) groups is 1. The summed E-state index contributed by atoms with van der Waals surface area (Å²) in [5.74, 6) is 2.05. The molecule has 0 aliphatic rings. The molecule has 27 heavy (non-hydrogen) atoms. The number of ether oxygens (including phenoxy) is 2. The first kappa shape index (κ1) is 18.6. The van der Waals surface area contributed by atoms with E-state index in [0.29, 0.717) is 30.2 Å². The molecule has 0 atom stereocenters. The van der Waals surface area contributed by atoms with Gasteiger partial charge in [-0.3, -0.25) is 4.79 Å². The fourth-order valence-electron chi connectivity index (χ4n) is 3.10. The number of rotatable bonds is 7. The molecule has 0 bridgehead atoms. The van der Waals surface area contributed by atoms with Gasteiger partial charge in [0.05, 0.1) is 32.6 Å². The van der Waals surface area contributed by atoms with Crippen molar-refractivity contribution in [3.63, 3.8) is 0 Å². The van der Waals surface area contributed by atoms with Crippen LogP contribution < -0.4 is 14.8 Å². The van der Waals surface area contributed by atoms with Gasteiger partial charge in [-0.05, 0) is 49.7 Å². The molecule has 0 radical (unpaired) electrons. The third-order valence-electron chi connectivity index (χ3n) is 4.61. The predicted molar refractivity (Wildman–Crippen MR) is 102 cm³/mol. The molecule has 6 heteroatoms. The molecule has 1 N–H and O–H groups in total. The van der Waals surface area contributed by atoms with E-state index in [1.165, 1.54) is 0 Å². The Morgan fingerprint density at radius 3 is 2.56 bits per heavy atom. The molecule has 0 aliphatic carbocycles. The number of aryl methyl sites for hydroxylation is 1. The van der Waals surface area contributed by atoms with Crippen LogP contribution in [0, 0.1) is 13.8 Å². The van der Waals surface area contributed by atoms with E-state index in [9.17, 15) is 4.79 Å². The summed E-state index contributed by atoms with van der Waals surface area (Å²) in [6.07, 6.45) is 1.65. The van der Waals surface area contributed by atoms with Crippen LogP contribution in [0.4, 0.5) is 0 Å². The molecule has 0 unspecified atom stereocenters. The van der Waals surface area contributed by atoms with Crippen LogP contribution in [0.1, 0.15) is 33.1 Å². The molecule has 0 aliphatic heterocycles. The topological polar surface area (TPSA) is 65.6 Å². The molecular weight excluding hydrogens is 344 g/mol. The van der Waals surface area contributed by atoms with E-state index in [1.54, 1.807) is 20.5 Å². The Bertz CT molecular complexity index is 926. The summed E-state index contributed by atoms with van der Waals surface area (Å²) in [5, 5.41) is 2.97. The van der Waals surface area contributed by atoms with Gasteiger partial charge in [0.25, 0.3) is 5.91 Å². The fourth-order valence-corrected chi connectivity index (χ4v) is 3.10. The summed E-state index contributed by atoms with van der Waals surface area (Å²) in [7, 11) is 3.19. The van der Waals surface area contributed by atoms with Crippen molar-refractivity contribution >= 4 is 5.91 Å². The second-order valence-electron chi connectivity index (χ2n) is 6.32. The highest BCUT2D eigenvalue weighted by Gasteiger charge is 2.16. The Balaban J connectivity index is 1.71. The Morgan fingerprint density at radius 1 is 1.11 bits per heavy atom. The van der Waals surface area contributed by atoms with Crippen LogP contribution in [0.15, 0.2) is 47.1 Å². The molecule has 6 nitrogen and oxygen atoms in total. The van der Waals surface area contributed by atoms with Gasteiger partial charge in [0, 0.05) is 17.9 Å². The maximum Gasteiger partial charge on any atom is 0.253 e. The zero-order valence-electron chi connectivity index (χ0n) is 16.0. The first-order valence-electron chi connectivity index (χ1n) is 8.71. The number of nitrogens with zero attached hydrogens (tertiary/aromatic N) is 1. The Morgan fingerprint density at radius 2 is 1.89 bits per heavy atom. The van der Waals surface area contributed by atoms with Gasteiger partial charge in [-0.1, -0.05) is 6.07 Å². The zero-order chi connectivity index (χ0) is 19.4. The van der Waals surface area contributed by atoms with Gasteiger partial charge in [-0.15, -0.1) is 0 Å². The number of nitrogens with one attached hydrogen (secondary N) is 1. The summed E-state index contributed by atoms with van der Waals surface area (Å²) in [6, 6.07) is 11.3. The van der Waals surface area contributed by atoms with Gasteiger partial charge in [-0.2, -0.15) is 0 Å². The van der Waals surface area contributed by atoms with Crippen molar-refractivity contribution in [3.8, 4) is 11.5 Å². The number of hydrogen-bond donors (Lipinski definition) is 1. The van der Waals surface area contributed by atoms with Crippen LogP contribution in [0.25, 0.3) is 0 Å². The standard InChI is InChI=1S/C21H24N2O4/c1-14-10-18(15(2)23(14)13-17-6-5-9-27-17)21(24)22-12-16-7-8-19(25-3)20(11-16)26-4/h5-11H,12-13H2,1-4H3,(H,22,24). The molecule has 2 heterocycles. The lowest BCUT2D eigenvalue weighted by molar-refractivity contribution is 0.0950. The highest BCUT2D eigenvalue weighted by Crippen LogP contribution is 2.27. The third-order valence-corrected chi connectivity index (χ3v) is 4.61. The van der Waals surface area contributed by atoms with Gasteiger partial charge < -0.3 is 23.8 Å². The number of aromatic nitrogens is 1. The van der Waals surface area contributed by atoms with Crippen LogP contribution >= 0.6 is 0 Å². The molecule has 0 saturated heterocycles. The van der Waals surface area contributed by atoms with E-state index >= 15 is 0 Å². The maximum absolute atomic E-state index is 12.7. The van der Waals surface area contributed by atoms with Crippen LogP contribution in [0.3, 0.4) is 0 Å². The molecule has 3 rings (SSSR count). The molecule has 0 saturated carbocycles. The van der Waals surface area contributed by atoms with E-state index in [-0.39, 0.29) is 5.91 Å². The predicted octanol–water partition coefficient (Wildman–Crippen LogP) is 3.69. The van der Waals surface area contributed by atoms with Crippen molar-refractivity contribution in [3.05, 3.63) is 70.9 Å². The van der Waals surface area contributed by atoms with Crippen LogP contribution in [0.5, 0.6) is 11.5 Å². The molecule has 1 aromatic carbocycles. The summed E-state index contributed by atoms with van der Waals surface area (Å²) in [5.41, 5.74) is 3.53. The lowest BCUT2D eigenvalue weighted by Gasteiger charge is -2.11. The number of hydrogen-bond acceptors (Lipinski definition) is 4. The summed E-state index contributed by atoms with van der Waals surface area (Å²) < 4.78 is 18.0. The first-order valence-corrected chi connectivity index (χ1v) is 8.71. The molecule has 3 aromatic rings. The minimum atomic E-state index is -0.108. The van der Waals surface area contributed by atoms with Gasteiger partial charge in [0.1, 0.15) is 5.76 Å². The van der Waals surface area contributed by atoms with E-state index in [0.717, 1.165) is 22.7 Å². The molecule has 2 aromatic heterocycles. The van der Waals surface area contributed by atoms with E-state index in [1.807, 2.05) is 50.2 Å². The molecule has 0 spiro atoms. The Hall–Kier alpha value is -3.15. The average molecular weight is 368 g/mol. The fraction of sp³-hybridized carbons (Fsp3) is 0.286. The molecule has 142 valence electrons. The third kappa shape index (κ3) is 4.00. The number of furan rings is 1. The van der Waals surface area contributed by atoms with E-state index in [2.05, 4.69) is 9.88 Å². The first-order chi connectivity index (χ1) is 13.0. The van der Waals surface area contributed by atoms with Crippen molar-refractivity contribution in [2.24, 2.45) is 0 Å². The second kappa shape index (κ2) is 8.03. The van der Waals surface area contributed by atoms with E-state index < -0.39 is 0 Å². The van der Waals surface area contributed by atoms with Gasteiger partial charge in [0.2, 0.25) is 0 Å². The van der Waals surface area contributed by atoms with E-state index in [4.69, 9.17) is 13.9 Å². The van der Waals surface area contributed by atoms with Crippen molar-refractivity contribution < 1.29 is 18.7 Å². The number of amides is 1. The Kier molecular flexibility index (Phi) is 5.54. The molecule has 1 amide bonds. The highest BCUT2D eigenvalue weighted by molar-refractivity contribution is 5.95. The smallest absolute Gasteiger partial charge is 0.253 e. The van der Waals surface area contributed by atoms with Gasteiger partial charge in [0.15, 0.2) is 11.5 Å². The van der Waals surface area contributed by atoms with Crippen molar-refractivity contribution in [1.29, 1.82) is 0 Å². The van der Waals surface area contributed by atoms with Crippen LogP contribution in [-0.4, -0.2) is 24.7 Å². The minimum Gasteiger partial charge on any atom is -0.493 e. The SMILES string of the molecule is COc1ccc(CNC(=O)c2cc(C)n(Cc3ccco3)c2C)cc1OC. The summed E-state index contributed by atoms with van der Waals surface area (Å²) in [6.45, 7) is 4.94. The minimum absolute atomic E-state index is 0.108. The quantitative estimate of drug-likeness (QED) is 0.691. The van der Waals surface area contributed by atoms with Crippen LogP contribution in [-0.2, 0) is 13.1 Å². The monoisotopic (exact) mass is 368 g/mol. The average Bonchev–Trinajstić information content (AvgIpc) is 3.29. The zero-order valence-corrected chi connectivity index (χ0v) is 16.0.